The van der Waals surface area contributed by atoms with Crippen molar-refractivity contribution in [3.05, 3.63) is 35.9 Å². The number of aliphatic hydroxyl groups is 1. The molecule has 0 amide bonds. The lowest BCUT2D eigenvalue weighted by atomic mass is 9.94. The van der Waals surface area contributed by atoms with Crippen molar-refractivity contribution >= 4 is 0 Å². The van der Waals surface area contributed by atoms with Crippen molar-refractivity contribution in [1.29, 1.82) is 0 Å². The molecule has 0 saturated carbocycles. The topological polar surface area (TPSA) is 41.5 Å². The summed E-state index contributed by atoms with van der Waals surface area (Å²) < 4.78 is 5.79. The number of rotatable bonds is 5. The van der Waals surface area contributed by atoms with Crippen molar-refractivity contribution in [1.82, 2.24) is 5.32 Å². The summed E-state index contributed by atoms with van der Waals surface area (Å²) in [5.41, 5.74) is 1.15. The van der Waals surface area contributed by atoms with Gasteiger partial charge in [0.05, 0.1) is 18.8 Å². The van der Waals surface area contributed by atoms with Crippen LogP contribution in [-0.4, -0.2) is 30.5 Å². The first-order valence-corrected chi connectivity index (χ1v) is 7.24. The molecule has 0 spiro atoms. The molecular formula is C16H25NO2. The summed E-state index contributed by atoms with van der Waals surface area (Å²) in [4.78, 5) is 0. The highest BCUT2D eigenvalue weighted by Gasteiger charge is 2.26. The second-order valence-electron chi connectivity index (χ2n) is 5.69. The van der Waals surface area contributed by atoms with Gasteiger partial charge in [-0.3, -0.25) is 0 Å². The molecule has 3 atom stereocenters. The lowest BCUT2D eigenvalue weighted by Gasteiger charge is -2.34. The highest BCUT2D eigenvalue weighted by molar-refractivity contribution is 5.19. The molecule has 1 aromatic carbocycles. The molecule has 1 heterocycles. The van der Waals surface area contributed by atoms with Crippen LogP contribution in [0.3, 0.4) is 0 Å². The van der Waals surface area contributed by atoms with E-state index in [1.807, 2.05) is 18.2 Å². The number of nitrogens with one attached hydrogen (secondary N) is 1. The molecule has 1 aromatic rings. The van der Waals surface area contributed by atoms with Gasteiger partial charge in [-0.25, -0.2) is 0 Å². The van der Waals surface area contributed by atoms with E-state index in [0.29, 0.717) is 18.1 Å². The van der Waals surface area contributed by atoms with Crippen LogP contribution >= 0.6 is 0 Å². The molecule has 2 unspecified atom stereocenters. The van der Waals surface area contributed by atoms with Gasteiger partial charge >= 0.3 is 0 Å². The quantitative estimate of drug-likeness (QED) is 0.857. The van der Waals surface area contributed by atoms with Crippen LogP contribution in [-0.2, 0) is 4.74 Å². The normalized spacial score (nSPS) is 25.5. The van der Waals surface area contributed by atoms with Gasteiger partial charge in [-0.2, -0.15) is 0 Å². The van der Waals surface area contributed by atoms with Gasteiger partial charge in [-0.15, -0.1) is 0 Å². The number of ether oxygens (including phenoxy) is 1. The molecule has 0 radical (unpaired) electrons. The summed E-state index contributed by atoms with van der Waals surface area (Å²) in [6.45, 7) is 5.35. The van der Waals surface area contributed by atoms with Gasteiger partial charge in [-0.05, 0) is 24.3 Å². The molecule has 19 heavy (non-hydrogen) atoms. The van der Waals surface area contributed by atoms with Gasteiger partial charge in [-0.1, -0.05) is 44.2 Å². The number of hydrogen-bond donors (Lipinski definition) is 2. The zero-order valence-electron chi connectivity index (χ0n) is 11.9. The van der Waals surface area contributed by atoms with E-state index in [2.05, 4.69) is 31.3 Å². The van der Waals surface area contributed by atoms with E-state index in [1.165, 1.54) is 0 Å². The smallest absolute Gasteiger partial charge is 0.0626 e. The third kappa shape index (κ3) is 4.03. The molecule has 2 N–H and O–H groups in total. The standard InChI is InChI=1S/C16H25NO2/c1-12(2)16-10-14(8-9-19-16)17-15(11-18)13-6-4-3-5-7-13/h3-7,12,14-18H,8-11H2,1-2H3/t14?,15-,16?/m1/s1. The summed E-state index contributed by atoms with van der Waals surface area (Å²) in [5, 5.41) is 13.2. The minimum atomic E-state index is 0.0251. The molecule has 0 aromatic heterocycles. The monoisotopic (exact) mass is 263 g/mol. The van der Waals surface area contributed by atoms with Crippen LogP contribution in [0.1, 0.15) is 38.3 Å². The SMILES string of the molecule is CC(C)C1CC(N[C@H](CO)c2ccccc2)CCO1. The number of hydrogen-bond acceptors (Lipinski definition) is 3. The molecule has 106 valence electrons. The van der Waals surface area contributed by atoms with Gasteiger partial charge in [0.15, 0.2) is 0 Å². The molecule has 3 heteroatoms. The Hall–Kier alpha value is -0.900. The van der Waals surface area contributed by atoms with Crippen molar-refractivity contribution in [2.24, 2.45) is 5.92 Å². The van der Waals surface area contributed by atoms with E-state index >= 15 is 0 Å². The zero-order valence-corrected chi connectivity index (χ0v) is 11.9. The molecule has 1 aliphatic rings. The van der Waals surface area contributed by atoms with Crippen molar-refractivity contribution in [2.45, 2.75) is 44.9 Å². The second kappa shape index (κ2) is 7.04. The number of aliphatic hydroxyl groups excluding tert-OH is 1. The largest absolute Gasteiger partial charge is 0.394 e. The van der Waals surface area contributed by atoms with E-state index in [0.717, 1.165) is 25.0 Å². The Morgan fingerprint density at radius 2 is 2.05 bits per heavy atom. The maximum Gasteiger partial charge on any atom is 0.0626 e. The minimum Gasteiger partial charge on any atom is -0.394 e. The molecule has 0 bridgehead atoms. The summed E-state index contributed by atoms with van der Waals surface area (Å²) in [5.74, 6) is 0.550. The maximum atomic E-state index is 9.59. The Kier molecular flexibility index (Phi) is 5.37. The molecule has 1 fully saturated rings. The second-order valence-corrected chi connectivity index (χ2v) is 5.69. The predicted octanol–water partition coefficient (Wildman–Crippen LogP) is 2.51. The van der Waals surface area contributed by atoms with Crippen molar-refractivity contribution < 1.29 is 9.84 Å². The van der Waals surface area contributed by atoms with Gasteiger partial charge in [0.1, 0.15) is 0 Å². The van der Waals surface area contributed by atoms with Crippen LogP contribution in [0.4, 0.5) is 0 Å². The molecule has 1 saturated heterocycles. The van der Waals surface area contributed by atoms with Crippen molar-refractivity contribution in [2.75, 3.05) is 13.2 Å². The fraction of sp³-hybridized carbons (Fsp3) is 0.625. The van der Waals surface area contributed by atoms with Gasteiger partial charge in [0, 0.05) is 12.6 Å². The highest BCUT2D eigenvalue weighted by atomic mass is 16.5. The van der Waals surface area contributed by atoms with E-state index in [1.54, 1.807) is 0 Å². The van der Waals surface area contributed by atoms with Gasteiger partial charge in [0.25, 0.3) is 0 Å². The summed E-state index contributed by atoms with van der Waals surface area (Å²) in [7, 11) is 0. The van der Waals surface area contributed by atoms with Crippen LogP contribution in [0.5, 0.6) is 0 Å². The summed E-state index contributed by atoms with van der Waals surface area (Å²) in [6, 6.07) is 10.6. The Morgan fingerprint density at radius 1 is 1.32 bits per heavy atom. The molecule has 3 nitrogen and oxygen atoms in total. The number of benzene rings is 1. The fourth-order valence-electron chi connectivity index (χ4n) is 2.67. The van der Waals surface area contributed by atoms with Gasteiger partial charge in [0.2, 0.25) is 0 Å². The van der Waals surface area contributed by atoms with E-state index in [-0.39, 0.29) is 12.6 Å². The third-order valence-corrected chi connectivity index (χ3v) is 3.88. The Labute approximate surface area is 116 Å². The molecule has 2 rings (SSSR count). The first-order chi connectivity index (χ1) is 9.20. The average Bonchev–Trinajstić information content (AvgIpc) is 2.46. The Balaban J connectivity index is 1.95. The minimum absolute atomic E-state index is 0.0251. The molecule has 1 aliphatic heterocycles. The Bertz CT molecular complexity index is 366. The van der Waals surface area contributed by atoms with Crippen LogP contribution in [0.15, 0.2) is 30.3 Å². The lowest BCUT2D eigenvalue weighted by Crippen LogP contribution is -2.43. The van der Waals surface area contributed by atoms with Crippen LogP contribution in [0, 0.1) is 5.92 Å². The average molecular weight is 263 g/mol. The fourth-order valence-corrected chi connectivity index (χ4v) is 2.67. The molecular weight excluding hydrogens is 238 g/mol. The third-order valence-electron chi connectivity index (χ3n) is 3.88. The van der Waals surface area contributed by atoms with Crippen molar-refractivity contribution in [3.8, 4) is 0 Å². The first kappa shape index (κ1) is 14.5. The first-order valence-electron chi connectivity index (χ1n) is 7.24. The Morgan fingerprint density at radius 3 is 2.68 bits per heavy atom. The zero-order chi connectivity index (χ0) is 13.7. The summed E-state index contributed by atoms with van der Waals surface area (Å²) in [6.07, 6.45) is 2.38. The van der Waals surface area contributed by atoms with Crippen LogP contribution in [0.25, 0.3) is 0 Å². The van der Waals surface area contributed by atoms with E-state index in [9.17, 15) is 5.11 Å². The highest BCUT2D eigenvalue weighted by Crippen LogP contribution is 2.22. The van der Waals surface area contributed by atoms with E-state index in [4.69, 9.17) is 4.74 Å². The van der Waals surface area contributed by atoms with Crippen LogP contribution in [0.2, 0.25) is 0 Å². The van der Waals surface area contributed by atoms with E-state index < -0.39 is 0 Å². The predicted molar refractivity (Wildman–Crippen MR) is 77.0 cm³/mol. The van der Waals surface area contributed by atoms with Crippen LogP contribution < -0.4 is 5.32 Å². The molecule has 0 aliphatic carbocycles. The van der Waals surface area contributed by atoms with Gasteiger partial charge < -0.3 is 15.2 Å². The maximum absolute atomic E-state index is 9.59. The van der Waals surface area contributed by atoms with Crippen molar-refractivity contribution in [3.63, 3.8) is 0 Å². The lowest BCUT2D eigenvalue weighted by molar-refractivity contribution is -0.0269. The summed E-state index contributed by atoms with van der Waals surface area (Å²) >= 11 is 0.